The number of aliphatic hydroxyl groups excluding tert-OH is 1. The zero-order valence-electron chi connectivity index (χ0n) is 32.9. The lowest BCUT2D eigenvalue weighted by Crippen LogP contribution is -2.68. The minimum absolute atomic E-state index is 0. The first-order chi connectivity index (χ1) is 25.4. The molecule has 12 nitrogen and oxygen atoms in total. The molecule has 3 amide bonds. The normalized spacial score (nSPS) is 20.0. The summed E-state index contributed by atoms with van der Waals surface area (Å²) in [5.41, 5.74) is 18.5. The molecule has 0 radical (unpaired) electrons. The van der Waals surface area contributed by atoms with E-state index in [1.165, 1.54) is 13.0 Å². The van der Waals surface area contributed by atoms with Gasteiger partial charge in [-0.15, -0.1) is 12.4 Å². The first kappa shape index (κ1) is 46.2. The van der Waals surface area contributed by atoms with Crippen molar-refractivity contribution < 1.29 is 32.7 Å². The molecule has 0 bridgehead atoms. The fourth-order valence-electron chi connectivity index (χ4n) is 8.54. The molecule has 2 aliphatic rings. The molecule has 2 unspecified atom stereocenters. The van der Waals surface area contributed by atoms with E-state index < -0.39 is 74.7 Å². The van der Waals surface area contributed by atoms with Crippen LogP contribution in [-0.2, 0) is 42.0 Å². The number of imide groups is 1. The third-order valence-electron chi connectivity index (χ3n) is 11.1. The van der Waals surface area contributed by atoms with Crippen LogP contribution < -0.4 is 22.5 Å². The molecule has 0 saturated heterocycles. The number of ketones is 1. The topological polar surface area (TPSA) is 216 Å². The molecule has 1 fully saturated rings. The molecule has 0 spiro atoms. The fourth-order valence-corrected chi connectivity index (χ4v) is 10.5. The Morgan fingerprint density at radius 3 is 2.15 bits per heavy atom. The van der Waals surface area contributed by atoms with Gasteiger partial charge in [-0.1, -0.05) is 102 Å². The van der Waals surface area contributed by atoms with Crippen LogP contribution in [0.4, 0.5) is 0 Å². The highest BCUT2D eigenvalue weighted by Crippen LogP contribution is 2.50. The number of aliphatic hydroxyl groups is 1. The number of nitrogens with one attached hydrogen (secondary N) is 1. The molecule has 8 N–H and O–H groups in total. The number of hydrogen-bond donors (Lipinski definition) is 5. The summed E-state index contributed by atoms with van der Waals surface area (Å²) >= 11 is 0. The standard InChI is InChI=1S/C41H61N5O7S.ClH/c1-25(2)21-41(33-24-54(52,53)35-20-30(22-42)16-17-31(33)35,46(27(5)47)40(51)34(43)19-29-14-10-7-11-15-29)38(49)32(18-28-12-8-6-9-13-28)37(48)36(44)39(50)45-23-26(3)4;/h7,10-11,14-17,20,25-26,28,32-34,36-37,48H,6,8-9,12-13,18-19,21-24,42-44H2,1-5H3,(H,45,50);1H/t32-,33?,34-,36?,37-,41-;/m0./s1. The quantitative estimate of drug-likeness (QED) is 0.156. The summed E-state index contributed by atoms with van der Waals surface area (Å²) in [4.78, 5) is 59.3. The van der Waals surface area contributed by atoms with Crippen LogP contribution in [0, 0.1) is 23.7 Å². The zero-order chi connectivity index (χ0) is 40.0. The molecular weight excluding hydrogens is 742 g/mol. The number of Topliss-reactive ketones (excluding diaryl/α,β-unsaturated/α-hetero) is 1. The summed E-state index contributed by atoms with van der Waals surface area (Å²) in [6.45, 7) is 9.03. The van der Waals surface area contributed by atoms with Crippen molar-refractivity contribution in [2.24, 2.45) is 40.9 Å². The summed E-state index contributed by atoms with van der Waals surface area (Å²) < 4.78 is 28.2. The third kappa shape index (κ3) is 10.6. The number of benzene rings is 2. The maximum Gasteiger partial charge on any atom is 0.247 e. The first-order valence-corrected chi connectivity index (χ1v) is 21.0. The van der Waals surface area contributed by atoms with Crippen LogP contribution in [0.2, 0.25) is 0 Å². The van der Waals surface area contributed by atoms with E-state index in [2.05, 4.69) is 5.32 Å². The van der Waals surface area contributed by atoms with Crippen LogP contribution in [0.3, 0.4) is 0 Å². The molecular formula is C41H62ClN5O7S. The Labute approximate surface area is 333 Å². The van der Waals surface area contributed by atoms with Crippen molar-refractivity contribution >= 4 is 45.7 Å². The van der Waals surface area contributed by atoms with Gasteiger partial charge in [0.15, 0.2) is 15.6 Å². The number of carbonyl (C=O) groups is 4. The van der Waals surface area contributed by atoms with Crippen molar-refractivity contribution in [3.05, 3.63) is 65.2 Å². The molecule has 1 aliphatic heterocycles. The van der Waals surface area contributed by atoms with E-state index in [0.717, 1.165) is 42.6 Å². The first-order valence-electron chi connectivity index (χ1n) is 19.4. The minimum atomic E-state index is -4.05. The Balaban J connectivity index is 0.00000812. The van der Waals surface area contributed by atoms with Crippen molar-refractivity contribution in [3.8, 4) is 0 Å². The summed E-state index contributed by atoms with van der Waals surface area (Å²) in [5, 5.41) is 14.9. The highest BCUT2D eigenvalue weighted by molar-refractivity contribution is 7.91. The van der Waals surface area contributed by atoms with Crippen molar-refractivity contribution in [1.82, 2.24) is 10.2 Å². The van der Waals surface area contributed by atoms with Crippen LogP contribution >= 0.6 is 12.4 Å². The molecule has 1 aliphatic carbocycles. The highest BCUT2D eigenvalue weighted by Gasteiger charge is 2.61. The number of halogens is 1. The maximum atomic E-state index is 16.0. The van der Waals surface area contributed by atoms with Gasteiger partial charge in [0.25, 0.3) is 0 Å². The van der Waals surface area contributed by atoms with Gasteiger partial charge in [0.05, 0.1) is 22.8 Å². The van der Waals surface area contributed by atoms with Gasteiger partial charge in [0, 0.05) is 31.8 Å². The Kier molecular flexibility index (Phi) is 16.6. The molecule has 1 heterocycles. The van der Waals surface area contributed by atoms with Gasteiger partial charge in [0.2, 0.25) is 17.7 Å². The van der Waals surface area contributed by atoms with E-state index in [1.54, 1.807) is 36.4 Å². The van der Waals surface area contributed by atoms with Crippen molar-refractivity contribution in [2.75, 3.05) is 12.3 Å². The van der Waals surface area contributed by atoms with Crippen LogP contribution in [0.1, 0.15) is 102 Å². The zero-order valence-corrected chi connectivity index (χ0v) is 34.5. The van der Waals surface area contributed by atoms with Crippen molar-refractivity contribution in [1.29, 1.82) is 0 Å². The van der Waals surface area contributed by atoms with E-state index >= 15 is 4.79 Å². The summed E-state index contributed by atoms with van der Waals surface area (Å²) in [6, 6.07) is 11.0. The van der Waals surface area contributed by atoms with Gasteiger partial charge in [-0.2, -0.15) is 0 Å². The second-order valence-corrected chi connectivity index (χ2v) is 18.3. The van der Waals surface area contributed by atoms with E-state index in [-0.39, 0.29) is 66.4 Å². The number of amides is 3. The van der Waals surface area contributed by atoms with Gasteiger partial charge in [0.1, 0.15) is 11.6 Å². The molecule has 2 aromatic rings. The average Bonchev–Trinajstić information content (AvgIpc) is 3.41. The van der Waals surface area contributed by atoms with E-state index in [1.807, 2.05) is 33.8 Å². The smallest absolute Gasteiger partial charge is 0.247 e. The number of hydrogen-bond acceptors (Lipinski definition) is 10. The lowest BCUT2D eigenvalue weighted by Gasteiger charge is -2.49. The average molecular weight is 804 g/mol. The summed E-state index contributed by atoms with van der Waals surface area (Å²) in [7, 11) is -4.05. The van der Waals surface area contributed by atoms with Crippen LogP contribution in [0.5, 0.6) is 0 Å². The molecule has 14 heteroatoms. The minimum Gasteiger partial charge on any atom is -0.390 e. The van der Waals surface area contributed by atoms with Gasteiger partial charge >= 0.3 is 0 Å². The Morgan fingerprint density at radius 1 is 0.945 bits per heavy atom. The van der Waals surface area contributed by atoms with Crippen LogP contribution in [-0.4, -0.2) is 78.0 Å². The van der Waals surface area contributed by atoms with Crippen molar-refractivity contribution in [2.45, 2.75) is 127 Å². The third-order valence-corrected chi connectivity index (χ3v) is 12.9. The monoisotopic (exact) mass is 803 g/mol. The fraction of sp³-hybridized carbons (Fsp3) is 0.610. The molecule has 2 aromatic carbocycles. The second-order valence-electron chi connectivity index (χ2n) is 16.3. The van der Waals surface area contributed by atoms with Crippen molar-refractivity contribution in [3.63, 3.8) is 0 Å². The molecule has 55 heavy (non-hydrogen) atoms. The van der Waals surface area contributed by atoms with Gasteiger partial charge in [-0.25, -0.2) is 8.42 Å². The SMILES string of the molecule is CC(=O)N(C(=O)[C@@H](N)Cc1ccccc1)[C@](CC(C)C)(C(=O)[C@@H](CC1CCCCC1)[C@H](O)C(N)C(=O)NCC(C)C)C1CS(=O)(=O)c2cc(CN)ccc21.Cl. The Hall–Kier alpha value is -3.20. The highest BCUT2D eigenvalue weighted by atomic mass is 35.5. The molecule has 306 valence electrons. The summed E-state index contributed by atoms with van der Waals surface area (Å²) in [6.07, 6.45) is 2.77. The molecule has 6 atom stereocenters. The van der Waals surface area contributed by atoms with E-state index in [0.29, 0.717) is 12.1 Å². The number of fused-ring (bicyclic) bond motifs is 1. The Morgan fingerprint density at radius 2 is 1.58 bits per heavy atom. The number of nitrogens with two attached hydrogens (primary N) is 3. The van der Waals surface area contributed by atoms with E-state index in [4.69, 9.17) is 17.2 Å². The number of nitrogens with zero attached hydrogens (tertiary/aromatic N) is 1. The van der Waals surface area contributed by atoms with Gasteiger partial charge < -0.3 is 27.6 Å². The van der Waals surface area contributed by atoms with Gasteiger partial charge in [-0.05, 0) is 59.8 Å². The second kappa shape index (κ2) is 19.8. The lowest BCUT2D eigenvalue weighted by atomic mass is 9.65. The molecule has 0 aromatic heterocycles. The predicted molar refractivity (Wildman–Crippen MR) is 216 cm³/mol. The summed E-state index contributed by atoms with van der Waals surface area (Å²) in [5.74, 6) is -6.37. The van der Waals surface area contributed by atoms with Gasteiger partial charge in [-0.3, -0.25) is 24.1 Å². The number of sulfone groups is 1. The van der Waals surface area contributed by atoms with Crippen LogP contribution in [0.25, 0.3) is 0 Å². The largest absolute Gasteiger partial charge is 0.390 e. The number of carbonyl (C=O) groups excluding carboxylic acids is 4. The molecule has 1 saturated carbocycles. The predicted octanol–water partition coefficient (Wildman–Crippen LogP) is 3.78. The number of rotatable bonds is 17. The van der Waals surface area contributed by atoms with E-state index in [9.17, 15) is 27.9 Å². The van der Waals surface area contributed by atoms with Crippen LogP contribution in [0.15, 0.2) is 53.4 Å². The lowest BCUT2D eigenvalue weighted by molar-refractivity contribution is -0.164. The Bertz CT molecular complexity index is 1750. The maximum absolute atomic E-state index is 16.0. The molecule has 4 rings (SSSR count).